The van der Waals surface area contributed by atoms with Gasteiger partial charge in [-0.3, -0.25) is 0 Å². The molecule has 2 heterocycles. The molecule has 0 spiro atoms. The molecule has 6 nitrogen and oxygen atoms in total. The summed E-state index contributed by atoms with van der Waals surface area (Å²) in [6.45, 7) is 5.37. The highest BCUT2D eigenvalue weighted by Gasteiger charge is 2.30. The van der Waals surface area contributed by atoms with E-state index in [-0.39, 0.29) is 0 Å². The molecular weight excluding hydrogens is 246 g/mol. The molecule has 2 rings (SSSR count). The molecule has 19 heavy (non-hydrogen) atoms. The van der Waals surface area contributed by atoms with E-state index in [1.807, 2.05) is 18.7 Å². The van der Waals surface area contributed by atoms with Crippen molar-refractivity contribution >= 4 is 11.5 Å². The molecule has 1 saturated heterocycles. The number of ether oxygens (including phenoxy) is 1. The average molecular weight is 267 g/mol. The Kier molecular flexibility index (Phi) is 4.11. The van der Waals surface area contributed by atoms with E-state index in [9.17, 15) is 10.2 Å². The lowest BCUT2D eigenvalue weighted by Crippen LogP contribution is -2.22. The molecular formula is C13H21N3O3. The molecule has 106 valence electrons. The van der Waals surface area contributed by atoms with Gasteiger partial charge in [-0.2, -0.15) is 4.98 Å². The van der Waals surface area contributed by atoms with Crippen molar-refractivity contribution in [2.75, 3.05) is 30.3 Å². The molecule has 0 bridgehead atoms. The summed E-state index contributed by atoms with van der Waals surface area (Å²) in [7, 11) is 0. The highest BCUT2D eigenvalue weighted by Crippen LogP contribution is 2.26. The summed E-state index contributed by atoms with van der Waals surface area (Å²) in [4.78, 5) is 6.17. The Morgan fingerprint density at radius 3 is 2.58 bits per heavy atom. The maximum absolute atomic E-state index is 9.55. The minimum atomic E-state index is -0.737. The zero-order chi connectivity index (χ0) is 14.0. The lowest BCUT2D eigenvalue weighted by Gasteiger charge is -2.18. The van der Waals surface area contributed by atoms with Crippen LogP contribution in [-0.4, -0.2) is 47.1 Å². The van der Waals surface area contributed by atoms with Gasteiger partial charge in [0, 0.05) is 13.1 Å². The minimum absolute atomic E-state index is 0.363. The van der Waals surface area contributed by atoms with Crippen LogP contribution in [0.5, 0.6) is 5.88 Å². The second-order valence-electron chi connectivity index (χ2n) is 5.31. The van der Waals surface area contributed by atoms with E-state index in [0.29, 0.717) is 43.0 Å². The minimum Gasteiger partial charge on any atom is -0.476 e. The maximum Gasteiger partial charge on any atom is 0.239 e. The molecule has 1 fully saturated rings. The van der Waals surface area contributed by atoms with Gasteiger partial charge in [0.05, 0.1) is 24.5 Å². The Labute approximate surface area is 112 Å². The van der Waals surface area contributed by atoms with E-state index in [0.717, 1.165) is 0 Å². The van der Waals surface area contributed by atoms with E-state index in [1.165, 1.54) is 0 Å². The summed E-state index contributed by atoms with van der Waals surface area (Å²) in [5, 5.41) is 19.1. The van der Waals surface area contributed by atoms with Gasteiger partial charge in [0.15, 0.2) is 0 Å². The van der Waals surface area contributed by atoms with Crippen LogP contribution in [0, 0.1) is 5.92 Å². The van der Waals surface area contributed by atoms with Gasteiger partial charge in [0.25, 0.3) is 0 Å². The third-order valence-electron chi connectivity index (χ3n) is 3.01. The molecule has 0 amide bonds. The Morgan fingerprint density at radius 1 is 1.37 bits per heavy atom. The Bertz CT molecular complexity index is 429. The van der Waals surface area contributed by atoms with Crippen LogP contribution in [0.1, 0.15) is 13.8 Å². The van der Waals surface area contributed by atoms with Gasteiger partial charge >= 0.3 is 0 Å². The van der Waals surface area contributed by atoms with Crippen molar-refractivity contribution in [3.05, 3.63) is 12.1 Å². The molecule has 2 atom stereocenters. The number of aliphatic hydroxyl groups is 2. The predicted molar refractivity (Wildman–Crippen MR) is 73.2 cm³/mol. The first-order chi connectivity index (χ1) is 8.97. The molecule has 1 aromatic rings. The summed E-state index contributed by atoms with van der Waals surface area (Å²) in [5.74, 6) is 1.45. The van der Waals surface area contributed by atoms with Crippen LogP contribution in [0.15, 0.2) is 12.1 Å². The molecule has 2 unspecified atom stereocenters. The largest absolute Gasteiger partial charge is 0.476 e. The first kappa shape index (κ1) is 13.9. The third kappa shape index (κ3) is 3.27. The summed E-state index contributed by atoms with van der Waals surface area (Å²) in [6.07, 6.45) is -1.47. The number of pyridine rings is 1. The second-order valence-corrected chi connectivity index (χ2v) is 5.31. The van der Waals surface area contributed by atoms with Gasteiger partial charge in [-0.1, -0.05) is 13.8 Å². The Morgan fingerprint density at radius 2 is 2.00 bits per heavy atom. The number of nitrogen functional groups attached to an aromatic ring is 1. The Balaban J connectivity index is 2.12. The molecule has 1 aromatic heterocycles. The summed E-state index contributed by atoms with van der Waals surface area (Å²) in [5.41, 5.74) is 6.31. The molecule has 6 heteroatoms. The number of rotatable bonds is 4. The van der Waals surface area contributed by atoms with E-state index in [4.69, 9.17) is 10.5 Å². The summed E-state index contributed by atoms with van der Waals surface area (Å²) in [6, 6.07) is 3.50. The van der Waals surface area contributed by atoms with E-state index < -0.39 is 12.2 Å². The number of hydrogen-bond donors (Lipinski definition) is 3. The predicted octanol–water partition coefficient (Wildman–Crippen LogP) is 0.240. The number of hydrogen-bond acceptors (Lipinski definition) is 6. The van der Waals surface area contributed by atoms with Crippen LogP contribution in [0.3, 0.4) is 0 Å². The van der Waals surface area contributed by atoms with Crippen molar-refractivity contribution < 1.29 is 14.9 Å². The molecule has 0 aromatic carbocycles. The average Bonchev–Trinajstić information content (AvgIpc) is 2.68. The normalized spacial score (nSPS) is 23.1. The quantitative estimate of drug-likeness (QED) is 0.724. The monoisotopic (exact) mass is 267 g/mol. The van der Waals surface area contributed by atoms with Gasteiger partial charge in [0.1, 0.15) is 5.82 Å². The van der Waals surface area contributed by atoms with Crippen molar-refractivity contribution in [3.63, 3.8) is 0 Å². The molecule has 1 aliphatic heterocycles. The fourth-order valence-corrected chi connectivity index (χ4v) is 1.94. The lowest BCUT2D eigenvalue weighted by molar-refractivity contribution is 0.0572. The number of nitrogens with zero attached hydrogens (tertiary/aromatic N) is 2. The van der Waals surface area contributed by atoms with Crippen LogP contribution in [-0.2, 0) is 0 Å². The van der Waals surface area contributed by atoms with E-state index >= 15 is 0 Å². The van der Waals surface area contributed by atoms with E-state index in [2.05, 4.69) is 4.98 Å². The van der Waals surface area contributed by atoms with Crippen molar-refractivity contribution in [2.24, 2.45) is 5.92 Å². The fraction of sp³-hybridized carbons (Fsp3) is 0.615. The number of aromatic nitrogens is 1. The highest BCUT2D eigenvalue weighted by molar-refractivity contribution is 5.55. The number of aliphatic hydroxyl groups excluding tert-OH is 2. The molecule has 4 N–H and O–H groups in total. The zero-order valence-electron chi connectivity index (χ0n) is 11.3. The SMILES string of the molecule is CC(C)COc1nc(N2CC(O)C(O)C2)ccc1N. The van der Waals surface area contributed by atoms with Crippen molar-refractivity contribution in [3.8, 4) is 5.88 Å². The summed E-state index contributed by atoms with van der Waals surface area (Å²) < 4.78 is 5.56. The topological polar surface area (TPSA) is 91.8 Å². The number of β-amino-alcohol motifs (C(OH)–C–C–N with tert-alkyl or cyclic N) is 2. The molecule has 0 saturated carbocycles. The van der Waals surface area contributed by atoms with Crippen LogP contribution in [0.4, 0.5) is 11.5 Å². The fourth-order valence-electron chi connectivity index (χ4n) is 1.94. The van der Waals surface area contributed by atoms with Crippen LogP contribution >= 0.6 is 0 Å². The van der Waals surface area contributed by atoms with Gasteiger partial charge < -0.3 is 25.6 Å². The Hall–Kier alpha value is -1.53. The smallest absolute Gasteiger partial charge is 0.239 e. The molecule has 0 aliphatic carbocycles. The van der Waals surface area contributed by atoms with Crippen LogP contribution in [0.2, 0.25) is 0 Å². The third-order valence-corrected chi connectivity index (χ3v) is 3.01. The summed E-state index contributed by atoms with van der Waals surface area (Å²) >= 11 is 0. The van der Waals surface area contributed by atoms with Crippen molar-refractivity contribution in [1.82, 2.24) is 4.98 Å². The van der Waals surface area contributed by atoms with Gasteiger partial charge in [-0.05, 0) is 18.1 Å². The lowest BCUT2D eigenvalue weighted by atomic mass is 10.2. The molecule has 1 aliphatic rings. The van der Waals surface area contributed by atoms with Gasteiger partial charge in [-0.25, -0.2) is 0 Å². The number of anilines is 2. The molecule has 0 radical (unpaired) electrons. The van der Waals surface area contributed by atoms with Crippen molar-refractivity contribution in [2.45, 2.75) is 26.1 Å². The first-order valence-electron chi connectivity index (χ1n) is 6.47. The second kappa shape index (κ2) is 5.63. The first-order valence-corrected chi connectivity index (χ1v) is 6.47. The van der Waals surface area contributed by atoms with Crippen molar-refractivity contribution in [1.29, 1.82) is 0 Å². The standard InChI is InChI=1S/C13H21N3O3/c1-8(2)7-19-13-9(14)3-4-12(15-13)16-5-10(17)11(18)6-16/h3-4,8,10-11,17-18H,5-7,14H2,1-2H3. The maximum atomic E-state index is 9.55. The van der Waals surface area contributed by atoms with Crippen LogP contribution in [0.25, 0.3) is 0 Å². The van der Waals surface area contributed by atoms with Gasteiger partial charge in [0.2, 0.25) is 5.88 Å². The zero-order valence-corrected chi connectivity index (χ0v) is 11.3. The number of nitrogens with two attached hydrogens (primary N) is 1. The highest BCUT2D eigenvalue weighted by atomic mass is 16.5. The van der Waals surface area contributed by atoms with E-state index in [1.54, 1.807) is 12.1 Å². The van der Waals surface area contributed by atoms with Crippen LogP contribution < -0.4 is 15.4 Å². The van der Waals surface area contributed by atoms with Gasteiger partial charge in [-0.15, -0.1) is 0 Å².